The molecule has 0 spiro atoms. The van der Waals surface area contributed by atoms with Crippen LogP contribution in [0.2, 0.25) is 0 Å². The van der Waals surface area contributed by atoms with E-state index in [1.807, 2.05) is 24.3 Å². The third-order valence-corrected chi connectivity index (χ3v) is 3.79. The van der Waals surface area contributed by atoms with E-state index >= 15 is 0 Å². The average molecular weight is 291 g/mol. The van der Waals surface area contributed by atoms with E-state index in [2.05, 4.69) is 5.32 Å². The summed E-state index contributed by atoms with van der Waals surface area (Å²) in [7, 11) is 1.29. The van der Waals surface area contributed by atoms with Crippen LogP contribution in [0.3, 0.4) is 0 Å². The molecule has 6 heteroatoms. The maximum Gasteiger partial charge on any atom is 0.350 e. The lowest BCUT2D eigenvalue weighted by Crippen LogP contribution is -2.16. The van der Waals surface area contributed by atoms with Crippen molar-refractivity contribution in [1.82, 2.24) is 0 Å². The molecule has 1 aromatic heterocycles. The highest BCUT2D eigenvalue weighted by molar-refractivity contribution is 7.21. The van der Waals surface area contributed by atoms with Crippen molar-refractivity contribution in [2.75, 3.05) is 12.4 Å². The number of Topliss-reactive ketones (excluding diaryl/α,β-unsaturated/α-hetero) is 1. The van der Waals surface area contributed by atoms with Gasteiger partial charge in [-0.05, 0) is 13.0 Å². The molecular weight excluding hydrogens is 278 g/mol. The van der Waals surface area contributed by atoms with Gasteiger partial charge in [0.25, 0.3) is 0 Å². The zero-order chi connectivity index (χ0) is 14.7. The second-order valence-corrected chi connectivity index (χ2v) is 5.27. The standard InChI is InChI=1S/C14H13NO4S/c1-8(16)7-11(17)15-12-9-5-3-4-6-10(9)20-13(12)14(18)19-2/h3-6H,7H2,1-2H3,(H,15,17). The van der Waals surface area contributed by atoms with Crippen LogP contribution in [-0.2, 0) is 14.3 Å². The first-order chi connectivity index (χ1) is 9.52. The number of thiophene rings is 1. The fraction of sp³-hybridized carbons (Fsp3) is 0.214. The van der Waals surface area contributed by atoms with Crippen LogP contribution in [0.1, 0.15) is 23.0 Å². The monoisotopic (exact) mass is 291 g/mol. The van der Waals surface area contributed by atoms with Crippen molar-refractivity contribution < 1.29 is 19.1 Å². The number of fused-ring (bicyclic) bond motifs is 1. The Morgan fingerprint density at radius 3 is 2.60 bits per heavy atom. The summed E-state index contributed by atoms with van der Waals surface area (Å²) in [6.45, 7) is 1.34. The molecule has 0 aliphatic carbocycles. The highest BCUT2D eigenvalue weighted by atomic mass is 32.1. The summed E-state index contributed by atoms with van der Waals surface area (Å²) in [6, 6.07) is 7.33. The van der Waals surface area contributed by atoms with Crippen molar-refractivity contribution in [3.8, 4) is 0 Å². The van der Waals surface area contributed by atoms with Gasteiger partial charge in [0.15, 0.2) is 0 Å². The Hall–Kier alpha value is -2.21. The number of carbonyl (C=O) groups is 3. The summed E-state index contributed by atoms with van der Waals surface area (Å²) in [5.41, 5.74) is 0.406. The number of hydrogen-bond acceptors (Lipinski definition) is 5. The first kappa shape index (κ1) is 14.2. The van der Waals surface area contributed by atoms with E-state index in [0.29, 0.717) is 10.6 Å². The quantitative estimate of drug-likeness (QED) is 0.694. The van der Waals surface area contributed by atoms with Gasteiger partial charge in [0.2, 0.25) is 5.91 Å². The molecule has 1 heterocycles. The number of nitrogens with one attached hydrogen (secondary N) is 1. The Morgan fingerprint density at radius 1 is 1.25 bits per heavy atom. The Labute approximate surface area is 119 Å². The highest BCUT2D eigenvalue weighted by Gasteiger charge is 2.20. The fourth-order valence-corrected chi connectivity index (χ4v) is 2.89. The van der Waals surface area contributed by atoms with Crippen molar-refractivity contribution in [3.05, 3.63) is 29.1 Å². The van der Waals surface area contributed by atoms with Gasteiger partial charge in [0.1, 0.15) is 10.7 Å². The van der Waals surface area contributed by atoms with Gasteiger partial charge in [-0.3, -0.25) is 9.59 Å². The second-order valence-electron chi connectivity index (χ2n) is 4.22. The molecule has 0 saturated heterocycles. The Bertz CT molecular complexity index is 690. The molecule has 0 aliphatic heterocycles. The zero-order valence-corrected chi connectivity index (χ0v) is 11.9. The van der Waals surface area contributed by atoms with Crippen molar-refractivity contribution in [2.45, 2.75) is 13.3 Å². The summed E-state index contributed by atoms with van der Waals surface area (Å²) in [4.78, 5) is 34.8. The number of methoxy groups -OCH3 is 1. The maximum atomic E-state index is 11.8. The van der Waals surface area contributed by atoms with Gasteiger partial charge in [0.05, 0.1) is 19.2 Å². The molecule has 1 N–H and O–H groups in total. The van der Waals surface area contributed by atoms with Crippen molar-refractivity contribution in [1.29, 1.82) is 0 Å². The van der Waals surface area contributed by atoms with E-state index in [1.54, 1.807) is 0 Å². The summed E-state index contributed by atoms with van der Waals surface area (Å²) in [5.74, 6) is -1.18. The van der Waals surface area contributed by atoms with Crippen molar-refractivity contribution >= 4 is 44.8 Å². The Morgan fingerprint density at radius 2 is 1.95 bits per heavy atom. The molecule has 104 valence electrons. The number of esters is 1. The lowest BCUT2D eigenvalue weighted by Gasteiger charge is -2.05. The van der Waals surface area contributed by atoms with Crippen molar-refractivity contribution in [2.24, 2.45) is 0 Å². The fourth-order valence-electron chi connectivity index (χ4n) is 1.82. The Balaban J connectivity index is 2.45. The molecule has 0 unspecified atom stereocenters. The van der Waals surface area contributed by atoms with Gasteiger partial charge in [-0.25, -0.2) is 4.79 Å². The van der Waals surface area contributed by atoms with E-state index in [4.69, 9.17) is 4.74 Å². The van der Waals surface area contributed by atoms with Crippen LogP contribution in [0.25, 0.3) is 10.1 Å². The highest BCUT2D eigenvalue weighted by Crippen LogP contribution is 2.36. The number of carbonyl (C=O) groups excluding carboxylic acids is 3. The first-order valence-corrected chi connectivity index (χ1v) is 6.73. The molecule has 0 fully saturated rings. The molecule has 2 rings (SSSR count). The van der Waals surface area contributed by atoms with Gasteiger partial charge in [-0.15, -0.1) is 11.3 Å². The zero-order valence-electron chi connectivity index (χ0n) is 11.1. The smallest absolute Gasteiger partial charge is 0.350 e. The molecule has 0 atom stereocenters. The molecule has 0 bridgehead atoms. The van der Waals surface area contributed by atoms with E-state index in [-0.39, 0.29) is 12.2 Å². The number of amides is 1. The number of rotatable bonds is 4. The number of ether oxygens (including phenoxy) is 1. The van der Waals surface area contributed by atoms with Gasteiger partial charge in [-0.1, -0.05) is 18.2 Å². The topological polar surface area (TPSA) is 72.5 Å². The molecule has 20 heavy (non-hydrogen) atoms. The summed E-state index contributed by atoms with van der Waals surface area (Å²) >= 11 is 1.24. The van der Waals surface area contributed by atoms with Crippen LogP contribution >= 0.6 is 11.3 Å². The number of benzene rings is 1. The SMILES string of the molecule is COC(=O)c1sc2ccccc2c1NC(=O)CC(C)=O. The molecule has 5 nitrogen and oxygen atoms in total. The molecule has 1 amide bonds. The van der Waals surface area contributed by atoms with Crippen LogP contribution in [0.4, 0.5) is 5.69 Å². The van der Waals surface area contributed by atoms with E-state index < -0.39 is 11.9 Å². The van der Waals surface area contributed by atoms with Crippen LogP contribution in [0, 0.1) is 0 Å². The minimum atomic E-state index is -0.510. The third-order valence-electron chi connectivity index (χ3n) is 2.64. The van der Waals surface area contributed by atoms with Crippen molar-refractivity contribution in [3.63, 3.8) is 0 Å². The molecule has 0 saturated carbocycles. The molecule has 0 radical (unpaired) electrons. The molecule has 2 aromatic rings. The number of ketones is 1. The largest absolute Gasteiger partial charge is 0.465 e. The average Bonchev–Trinajstić information content (AvgIpc) is 2.76. The third kappa shape index (κ3) is 2.85. The van der Waals surface area contributed by atoms with Gasteiger partial charge in [0, 0.05) is 10.1 Å². The van der Waals surface area contributed by atoms with Crippen LogP contribution in [0.5, 0.6) is 0 Å². The van der Waals surface area contributed by atoms with Crippen LogP contribution in [-0.4, -0.2) is 24.8 Å². The predicted octanol–water partition coefficient (Wildman–Crippen LogP) is 2.61. The van der Waals surface area contributed by atoms with Gasteiger partial charge < -0.3 is 10.1 Å². The molecule has 0 aliphatic rings. The van der Waals surface area contributed by atoms with Gasteiger partial charge >= 0.3 is 5.97 Å². The lowest BCUT2D eigenvalue weighted by molar-refractivity contribution is -0.124. The predicted molar refractivity (Wildman–Crippen MR) is 77.1 cm³/mol. The molecule has 1 aromatic carbocycles. The summed E-state index contributed by atoms with van der Waals surface area (Å²) < 4.78 is 5.59. The van der Waals surface area contributed by atoms with Crippen LogP contribution < -0.4 is 5.32 Å². The van der Waals surface area contributed by atoms with Crippen LogP contribution in [0.15, 0.2) is 24.3 Å². The minimum Gasteiger partial charge on any atom is -0.465 e. The lowest BCUT2D eigenvalue weighted by atomic mass is 10.2. The minimum absolute atomic E-state index is 0.217. The Kier molecular flexibility index (Phi) is 4.14. The number of anilines is 1. The first-order valence-electron chi connectivity index (χ1n) is 5.92. The second kappa shape index (κ2) is 5.83. The van der Waals surface area contributed by atoms with E-state index in [1.165, 1.54) is 25.4 Å². The normalized spacial score (nSPS) is 10.3. The summed E-state index contributed by atoms with van der Waals surface area (Å²) in [6.07, 6.45) is -0.217. The van der Waals surface area contributed by atoms with E-state index in [0.717, 1.165) is 10.1 Å². The maximum absolute atomic E-state index is 11.8. The van der Waals surface area contributed by atoms with Gasteiger partial charge in [-0.2, -0.15) is 0 Å². The summed E-state index contributed by atoms with van der Waals surface area (Å²) in [5, 5.41) is 3.39. The number of hydrogen-bond donors (Lipinski definition) is 1. The molecular formula is C14H13NO4S. The van der Waals surface area contributed by atoms with E-state index in [9.17, 15) is 14.4 Å².